The molecule has 0 spiro atoms. The summed E-state index contributed by atoms with van der Waals surface area (Å²) in [6.07, 6.45) is 1.72. The van der Waals surface area contributed by atoms with Crippen LogP contribution in [0, 0.1) is 5.92 Å². The molecule has 0 bridgehead atoms. The van der Waals surface area contributed by atoms with Gasteiger partial charge in [-0.1, -0.05) is 0 Å². The molecule has 128 valence electrons. The monoisotopic (exact) mass is 367 g/mol. The molecule has 0 radical (unpaired) electrons. The molecule has 1 aliphatic carbocycles. The van der Waals surface area contributed by atoms with Crippen LogP contribution in [0.15, 0.2) is 16.3 Å². The van der Waals surface area contributed by atoms with Crippen LogP contribution in [0.1, 0.15) is 35.4 Å². The molecule has 10 heteroatoms. The fraction of sp³-hybridized carbons (Fsp3) is 0.538. The number of halogens is 2. The van der Waals surface area contributed by atoms with Gasteiger partial charge in [-0.05, 0) is 37.1 Å². The van der Waals surface area contributed by atoms with Crippen molar-refractivity contribution in [2.75, 3.05) is 0 Å². The zero-order valence-electron chi connectivity index (χ0n) is 11.9. The van der Waals surface area contributed by atoms with Gasteiger partial charge in [0, 0.05) is 6.04 Å². The third kappa shape index (κ3) is 3.86. The summed E-state index contributed by atoms with van der Waals surface area (Å²) in [5, 5.41) is 12.8. The van der Waals surface area contributed by atoms with Crippen LogP contribution >= 0.6 is 11.3 Å². The van der Waals surface area contributed by atoms with E-state index in [-0.39, 0.29) is 10.9 Å². The number of rotatable bonds is 5. The first kappa shape index (κ1) is 17.8. The van der Waals surface area contributed by atoms with Crippen molar-refractivity contribution in [2.24, 2.45) is 5.92 Å². The van der Waals surface area contributed by atoms with Gasteiger partial charge in [0.1, 0.15) is 4.88 Å². The number of amides is 1. The highest BCUT2D eigenvalue weighted by atomic mass is 32.2. The quantitative estimate of drug-likeness (QED) is 0.830. The van der Waals surface area contributed by atoms with E-state index in [4.69, 9.17) is 5.11 Å². The number of thiophene rings is 1. The van der Waals surface area contributed by atoms with Gasteiger partial charge in [-0.2, -0.15) is 8.78 Å². The highest BCUT2D eigenvalue weighted by Crippen LogP contribution is 2.28. The Bertz CT molecular complexity index is 693. The van der Waals surface area contributed by atoms with Crippen molar-refractivity contribution >= 4 is 33.1 Å². The molecule has 23 heavy (non-hydrogen) atoms. The molecule has 1 fully saturated rings. The lowest BCUT2D eigenvalue weighted by atomic mass is 9.86. The molecule has 1 aliphatic rings. The molecule has 1 saturated carbocycles. The van der Waals surface area contributed by atoms with Crippen molar-refractivity contribution in [3.05, 3.63) is 16.3 Å². The van der Waals surface area contributed by atoms with Crippen molar-refractivity contribution in [3.63, 3.8) is 0 Å². The minimum Gasteiger partial charge on any atom is -0.481 e. The van der Waals surface area contributed by atoms with Crippen LogP contribution in [-0.4, -0.2) is 37.2 Å². The lowest BCUT2D eigenvalue weighted by Crippen LogP contribution is -2.38. The average molecular weight is 367 g/mol. The molecule has 2 rings (SSSR count). The first-order valence-electron chi connectivity index (χ1n) is 6.86. The Morgan fingerprint density at radius 2 is 1.87 bits per heavy atom. The molecule has 2 N–H and O–H groups in total. The second-order valence-corrected chi connectivity index (χ2v) is 8.08. The third-order valence-electron chi connectivity index (χ3n) is 3.79. The van der Waals surface area contributed by atoms with Crippen molar-refractivity contribution in [2.45, 2.75) is 42.4 Å². The lowest BCUT2D eigenvalue weighted by molar-refractivity contribution is -0.142. The molecule has 1 amide bonds. The second-order valence-electron chi connectivity index (χ2n) is 5.28. The Kier molecular flexibility index (Phi) is 5.35. The summed E-state index contributed by atoms with van der Waals surface area (Å²) in [6, 6.07) is 0.699. The van der Waals surface area contributed by atoms with E-state index in [9.17, 15) is 26.8 Å². The number of alkyl halides is 2. The summed E-state index contributed by atoms with van der Waals surface area (Å²) in [4.78, 5) is 22.1. The van der Waals surface area contributed by atoms with Gasteiger partial charge in [0.05, 0.1) is 10.8 Å². The summed E-state index contributed by atoms with van der Waals surface area (Å²) in [7, 11) is -4.83. The van der Waals surface area contributed by atoms with Crippen molar-refractivity contribution in [1.29, 1.82) is 0 Å². The zero-order chi connectivity index (χ0) is 17.2. The highest BCUT2D eigenvalue weighted by molar-refractivity contribution is 7.92. The lowest BCUT2D eigenvalue weighted by Gasteiger charge is -2.26. The fourth-order valence-corrected chi connectivity index (χ4v) is 4.59. The smallest absolute Gasteiger partial charge is 0.341 e. The molecule has 1 aromatic heterocycles. The number of nitrogens with one attached hydrogen (secondary N) is 1. The summed E-state index contributed by atoms with van der Waals surface area (Å²) in [6.45, 7) is 0. The standard InChI is InChI=1S/C13H15F2NO5S2/c14-13(15)23(20,21)9-5-6-22-10(9)11(17)16-8-3-1-7(2-4-8)12(18)19/h5-8,13H,1-4H2,(H,16,17)(H,18,19). The van der Waals surface area contributed by atoms with Crippen LogP contribution in [0.2, 0.25) is 0 Å². The summed E-state index contributed by atoms with van der Waals surface area (Å²) in [5.74, 6) is -5.63. The Morgan fingerprint density at radius 1 is 1.26 bits per heavy atom. The Balaban J connectivity index is 2.06. The van der Waals surface area contributed by atoms with E-state index < -0.39 is 38.3 Å². The van der Waals surface area contributed by atoms with Gasteiger partial charge >= 0.3 is 11.7 Å². The highest BCUT2D eigenvalue weighted by Gasteiger charge is 2.33. The minimum atomic E-state index is -4.83. The van der Waals surface area contributed by atoms with Crippen LogP contribution in [0.5, 0.6) is 0 Å². The molecule has 1 aromatic rings. The van der Waals surface area contributed by atoms with Crippen LogP contribution in [0.3, 0.4) is 0 Å². The summed E-state index contributed by atoms with van der Waals surface area (Å²) < 4.78 is 48.3. The number of sulfone groups is 1. The van der Waals surface area contributed by atoms with Gasteiger partial charge in [0.15, 0.2) is 0 Å². The van der Waals surface area contributed by atoms with Crippen LogP contribution in [-0.2, 0) is 14.6 Å². The Hall–Kier alpha value is -1.55. The number of hydrogen-bond donors (Lipinski definition) is 2. The van der Waals surface area contributed by atoms with Gasteiger partial charge < -0.3 is 10.4 Å². The van der Waals surface area contributed by atoms with Crippen molar-refractivity contribution in [1.82, 2.24) is 5.32 Å². The zero-order valence-corrected chi connectivity index (χ0v) is 13.5. The third-order valence-corrected chi connectivity index (χ3v) is 6.25. The van der Waals surface area contributed by atoms with E-state index >= 15 is 0 Å². The molecule has 0 aliphatic heterocycles. The predicted molar refractivity (Wildman–Crippen MR) is 78.4 cm³/mol. The molecule has 0 aromatic carbocycles. The maximum atomic E-state index is 12.6. The van der Waals surface area contributed by atoms with Gasteiger partial charge in [-0.3, -0.25) is 9.59 Å². The SMILES string of the molecule is O=C(NC1CCC(C(=O)O)CC1)c1sccc1S(=O)(=O)C(F)F. The number of carbonyl (C=O) groups excluding carboxylic acids is 1. The maximum Gasteiger partial charge on any atom is 0.341 e. The number of aliphatic carboxylic acids is 1. The predicted octanol–water partition coefficient (Wildman–Crippen LogP) is 2.12. The van der Waals surface area contributed by atoms with Crippen LogP contribution in [0.4, 0.5) is 8.78 Å². The normalized spacial score (nSPS) is 22.0. The van der Waals surface area contributed by atoms with Crippen molar-refractivity contribution < 1.29 is 31.9 Å². The van der Waals surface area contributed by atoms with E-state index in [0.717, 1.165) is 17.4 Å². The number of carboxylic acid groups (broad SMARTS) is 1. The average Bonchev–Trinajstić information content (AvgIpc) is 2.97. The molecule has 0 atom stereocenters. The topological polar surface area (TPSA) is 101 Å². The van der Waals surface area contributed by atoms with Crippen LogP contribution in [0.25, 0.3) is 0 Å². The number of hydrogen-bond acceptors (Lipinski definition) is 5. The van der Waals surface area contributed by atoms with E-state index in [1.54, 1.807) is 0 Å². The first-order valence-corrected chi connectivity index (χ1v) is 9.29. The van der Waals surface area contributed by atoms with E-state index in [2.05, 4.69) is 5.32 Å². The number of carbonyl (C=O) groups is 2. The largest absolute Gasteiger partial charge is 0.481 e. The summed E-state index contributed by atoms with van der Waals surface area (Å²) >= 11 is 0.777. The first-order chi connectivity index (χ1) is 10.7. The summed E-state index contributed by atoms with van der Waals surface area (Å²) in [5.41, 5.74) is 0. The Labute approximate surface area is 135 Å². The molecule has 1 heterocycles. The van der Waals surface area contributed by atoms with Gasteiger partial charge in [-0.25, -0.2) is 8.42 Å². The minimum absolute atomic E-state index is 0.273. The van der Waals surface area contributed by atoms with E-state index in [1.165, 1.54) is 5.38 Å². The molecule has 6 nitrogen and oxygen atoms in total. The van der Waals surface area contributed by atoms with Gasteiger partial charge in [0.25, 0.3) is 5.91 Å². The second kappa shape index (κ2) is 6.91. The maximum absolute atomic E-state index is 12.6. The van der Waals surface area contributed by atoms with Gasteiger partial charge in [0.2, 0.25) is 9.84 Å². The molecular weight excluding hydrogens is 352 g/mol. The van der Waals surface area contributed by atoms with Crippen LogP contribution < -0.4 is 5.32 Å². The molecule has 0 unspecified atom stereocenters. The van der Waals surface area contributed by atoms with E-state index in [0.29, 0.717) is 25.7 Å². The molecule has 0 saturated heterocycles. The Morgan fingerprint density at radius 3 is 2.39 bits per heavy atom. The van der Waals surface area contributed by atoms with Gasteiger partial charge in [-0.15, -0.1) is 11.3 Å². The fourth-order valence-electron chi connectivity index (χ4n) is 2.52. The number of carboxylic acids is 1. The van der Waals surface area contributed by atoms with Crippen molar-refractivity contribution in [3.8, 4) is 0 Å². The van der Waals surface area contributed by atoms with E-state index in [1.807, 2.05) is 0 Å². The molecular formula is C13H15F2NO5S2.